The molecule has 0 amide bonds. The van der Waals surface area contributed by atoms with Gasteiger partial charge < -0.3 is 20.1 Å². The molecule has 1 saturated carbocycles. The van der Waals surface area contributed by atoms with Gasteiger partial charge in [-0.15, -0.1) is 0 Å². The van der Waals surface area contributed by atoms with Crippen LogP contribution in [0.3, 0.4) is 0 Å². The van der Waals surface area contributed by atoms with Gasteiger partial charge in [0.15, 0.2) is 17.6 Å². The third-order valence-electron chi connectivity index (χ3n) is 6.28. The van der Waals surface area contributed by atoms with Crippen molar-refractivity contribution in [1.29, 1.82) is 0 Å². The first kappa shape index (κ1) is 11.9. The van der Waals surface area contributed by atoms with Crippen LogP contribution in [-0.2, 0) is 11.8 Å². The maximum Gasteiger partial charge on any atom is 0.167 e. The monoisotopic (exact) mass is 286 g/mol. The van der Waals surface area contributed by atoms with E-state index < -0.39 is 17.1 Å². The molecule has 21 heavy (non-hydrogen) atoms. The predicted octanol–water partition coefficient (Wildman–Crippen LogP) is 2.32. The summed E-state index contributed by atoms with van der Waals surface area (Å²) in [6.07, 6.45) is 5.27. The number of hydrogen-bond acceptors (Lipinski definition) is 4. The van der Waals surface area contributed by atoms with Crippen molar-refractivity contribution >= 4 is 0 Å². The van der Waals surface area contributed by atoms with Crippen LogP contribution in [0.5, 0.6) is 11.5 Å². The van der Waals surface area contributed by atoms with Gasteiger partial charge in [-0.25, -0.2) is 0 Å². The maximum absolute atomic E-state index is 11.5. The van der Waals surface area contributed by atoms with Gasteiger partial charge in [-0.2, -0.15) is 0 Å². The summed E-state index contributed by atoms with van der Waals surface area (Å²) < 4.78 is 5.96. The lowest BCUT2D eigenvalue weighted by Gasteiger charge is -2.59. The van der Waals surface area contributed by atoms with Crippen molar-refractivity contribution in [3.05, 3.63) is 35.1 Å². The summed E-state index contributed by atoms with van der Waals surface area (Å²) >= 11 is 0. The number of benzene rings is 1. The molecule has 1 aromatic rings. The van der Waals surface area contributed by atoms with Crippen LogP contribution in [0.1, 0.15) is 36.8 Å². The Hall–Kier alpha value is -1.68. The fourth-order valence-corrected chi connectivity index (χ4v) is 5.45. The molecule has 3 aliphatic carbocycles. The number of ether oxygens (including phenoxy) is 1. The van der Waals surface area contributed by atoms with Gasteiger partial charge in [-0.05, 0) is 49.3 Å². The molecule has 110 valence electrons. The first-order valence-corrected chi connectivity index (χ1v) is 7.71. The van der Waals surface area contributed by atoms with Gasteiger partial charge in [0.25, 0.3) is 0 Å². The Balaban J connectivity index is 1.91. The summed E-state index contributed by atoms with van der Waals surface area (Å²) in [5.74, 6) is 0.975. The average Bonchev–Trinajstić information content (AvgIpc) is 2.80. The smallest absolute Gasteiger partial charge is 0.167 e. The van der Waals surface area contributed by atoms with Crippen LogP contribution in [0.25, 0.3) is 0 Å². The number of phenolic OH excluding ortho intramolecular Hbond substituents is 1. The SMILES string of the molecule is OC1=CC[C@@]2(O)[C@@H]3CCC[C@@]24c2c(ccc(O)c2O[C@@H]14)C3. The van der Waals surface area contributed by atoms with Crippen LogP contribution in [0.4, 0.5) is 0 Å². The standard InChI is InChI=1S/C17H18O4/c18-11-4-3-9-8-10-2-1-6-16-13(9)14(11)21-15(16)12(19)5-7-17(10,16)20/h3-5,10,15,18-20H,1-2,6-8H2/t10-,15+,16+,17-/m1/s1. The molecule has 3 N–H and O–H groups in total. The van der Waals surface area contributed by atoms with Crippen LogP contribution in [0.2, 0.25) is 0 Å². The quantitative estimate of drug-likeness (QED) is 0.684. The Bertz CT molecular complexity index is 694. The van der Waals surface area contributed by atoms with E-state index in [1.807, 2.05) is 6.07 Å². The number of aliphatic hydroxyl groups excluding tert-OH is 1. The molecule has 1 aromatic carbocycles. The van der Waals surface area contributed by atoms with E-state index in [-0.39, 0.29) is 17.4 Å². The molecule has 0 radical (unpaired) electrons. The second kappa shape index (κ2) is 3.38. The fraction of sp³-hybridized carbons (Fsp3) is 0.529. The average molecular weight is 286 g/mol. The Morgan fingerprint density at radius 3 is 2.95 bits per heavy atom. The number of phenols is 1. The predicted molar refractivity (Wildman–Crippen MR) is 75.5 cm³/mol. The van der Waals surface area contributed by atoms with Crippen molar-refractivity contribution in [3.63, 3.8) is 0 Å². The Morgan fingerprint density at radius 2 is 2.10 bits per heavy atom. The zero-order valence-electron chi connectivity index (χ0n) is 11.7. The van der Waals surface area contributed by atoms with Gasteiger partial charge in [0.2, 0.25) is 0 Å². The molecule has 5 rings (SSSR count). The van der Waals surface area contributed by atoms with Crippen LogP contribution < -0.4 is 4.74 Å². The number of hydrogen-bond donors (Lipinski definition) is 3. The summed E-state index contributed by atoms with van der Waals surface area (Å²) in [5.41, 5.74) is 0.657. The highest BCUT2D eigenvalue weighted by Gasteiger charge is 2.70. The summed E-state index contributed by atoms with van der Waals surface area (Å²) in [4.78, 5) is 0. The highest BCUT2D eigenvalue weighted by atomic mass is 16.5. The van der Waals surface area contributed by atoms with Gasteiger partial charge in [0.05, 0.1) is 11.0 Å². The van der Waals surface area contributed by atoms with Crippen LogP contribution in [-0.4, -0.2) is 27.0 Å². The van der Waals surface area contributed by atoms with Crippen molar-refractivity contribution in [2.45, 2.75) is 49.2 Å². The Morgan fingerprint density at radius 1 is 1.24 bits per heavy atom. The molecule has 2 bridgehead atoms. The molecule has 1 spiro atoms. The van der Waals surface area contributed by atoms with Crippen molar-refractivity contribution in [2.75, 3.05) is 0 Å². The van der Waals surface area contributed by atoms with Gasteiger partial charge >= 0.3 is 0 Å². The maximum atomic E-state index is 11.5. The third-order valence-corrected chi connectivity index (χ3v) is 6.28. The van der Waals surface area contributed by atoms with E-state index in [9.17, 15) is 15.3 Å². The van der Waals surface area contributed by atoms with Gasteiger partial charge in [0, 0.05) is 5.56 Å². The number of aromatic hydroxyl groups is 1. The van der Waals surface area contributed by atoms with E-state index in [4.69, 9.17) is 4.74 Å². The minimum atomic E-state index is -0.867. The van der Waals surface area contributed by atoms with Crippen LogP contribution in [0, 0.1) is 5.92 Å². The molecule has 4 aliphatic rings. The van der Waals surface area contributed by atoms with E-state index >= 15 is 0 Å². The third kappa shape index (κ3) is 1.08. The highest BCUT2D eigenvalue weighted by molar-refractivity contribution is 5.63. The topological polar surface area (TPSA) is 69.9 Å². The van der Waals surface area contributed by atoms with E-state index in [1.54, 1.807) is 12.1 Å². The van der Waals surface area contributed by atoms with Crippen molar-refractivity contribution in [2.24, 2.45) is 5.92 Å². The zero-order chi connectivity index (χ0) is 14.4. The number of aliphatic hydroxyl groups is 2. The molecule has 0 unspecified atom stereocenters. The molecular weight excluding hydrogens is 268 g/mol. The second-order valence-electron chi connectivity index (χ2n) is 6.97. The minimum Gasteiger partial charge on any atom is -0.509 e. The van der Waals surface area contributed by atoms with Crippen molar-refractivity contribution in [1.82, 2.24) is 0 Å². The fourth-order valence-electron chi connectivity index (χ4n) is 5.45. The molecule has 4 heteroatoms. The van der Waals surface area contributed by atoms with Crippen LogP contribution >= 0.6 is 0 Å². The molecule has 4 nitrogen and oxygen atoms in total. The highest BCUT2D eigenvalue weighted by Crippen LogP contribution is 2.67. The van der Waals surface area contributed by atoms with Gasteiger partial charge in [-0.1, -0.05) is 12.5 Å². The van der Waals surface area contributed by atoms with Gasteiger partial charge in [-0.3, -0.25) is 0 Å². The largest absolute Gasteiger partial charge is 0.509 e. The molecular formula is C17H18O4. The normalized spacial score (nSPS) is 42.0. The summed E-state index contributed by atoms with van der Waals surface area (Å²) in [6, 6.07) is 3.62. The Kier molecular flexibility index (Phi) is 1.92. The molecule has 1 aliphatic heterocycles. The summed E-state index contributed by atoms with van der Waals surface area (Å²) in [6.45, 7) is 0. The summed E-state index contributed by atoms with van der Waals surface area (Å²) in [7, 11) is 0. The summed E-state index contributed by atoms with van der Waals surface area (Å²) in [5, 5.41) is 32.0. The molecule has 1 fully saturated rings. The van der Waals surface area contributed by atoms with Crippen molar-refractivity contribution in [3.8, 4) is 11.5 Å². The molecule has 0 aromatic heterocycles. The lowest BCUT2D eigenvalue weighted by atomic mass is 9.47. The molecule has 4 atom stereocenters. The zero-order valence-corrected chi connectivity index (χ0v) is 11.7. The van der Waals surface area contributed by atoms with E-state index in [1.165, 1.54) is 0 Å². The molecule has 1 heterocycles. The second-order valence-corrected chi connectivity index (χ2v) is 6.97. The van der Waals surface area contributed by atoms with Crippen LogP contribution in [0.15, 0.2) is 24.0 Å². The molecule has 0 saturated heterocycles. The number of rotatable bonds is 0. The minimum absolute atomic E-state index is 0.108. The Labute approximate surface area is 122 Å². The van der Waals surface area contributed by atoms with Gasteiger partial charge in [0.1, 0.15) is 5.76 Å². The van der Waals surface area contributed by atoms with Crippen molar-refractivity contribution < 1.29 is 20.1 Å². The van der Waals surface area contributed by atoms with E-state index in [2.05, 4.69) is 0 Å². The lowest BCUT2D eigenvalue weighted by Crippen LogP contribution is -2.67. The lowest BCUT2D eigenvalue weighted by molar-refractivity contribution is -0.149. The van der Waals surface area contributed by atoms with E-state index in [0.29, 0.717) is 12.2 Å². The first-order chi connectivity index (χ1) is 10.1. The first-order valence-electron chi connectivity index (χ1n) is 7.71. The van der Waals surface area contributed by atoms with E-state index in [0.717, 1.165) is 36.8 Å².